The van der Waals surface area contributed by atoms with E-state index in [1.807, 2.05) is 62.4 Å². The van der Waals surface area contributed by atoms with Gasteiger partial charge in [-0.1, -0.05) is 54.1 Å². The SMILES string of the molecule is Cc1ccc(C2=C(SCc3ccccc3)C(=O)N(c3ccc(F)c(F)c3)C2=O)c(C)c1. The van der Waals surface area contributed by atoms with Gasteiger partial charge < -0.3 is 0 Å². The van der Waals surface area contributed by atoms with Crippen LogP contribution in [0.3, 0.4) is 0 Å². The highest BCUT2D eigenvalue weighted by Crippen LogP contribution is 2.40. The molecule has 1 heterocycles. The van der Waals surface area contributed by atoms with Crippen molar-refractivity contribution in [1.29, 1.82) is 0 Å². The first-order valence-corrected chi connectivity index (χ1v) is 10.7. The molecule has 0 aromatic heterocycles. The number of aryl methyl sites for hydroxylation is 2. The quantitative estimate of drug-likeness (QED) is 0.476. The zero-order valence-electron chi connectivity index (χ0n) is 17.0. The molecule has 0 saturated heterocycles. The average Bonchev–Trinajstić information content (AvgIpc) is 2.99. The van der Waals surface area contributed by atoms with Crippen molar-refractivity contribution in [3.63, 3.8) is 0 Å². The minimum Gasteiger partial charge on any atom is -0.268 e. The minimum atomic E-state index is -1.11. The Morgan fingerprint density at radius 1 is 0.839 bits per heavy atom. The summed E-state index contributed by atoms with van der Waals surface area (Å²) in [6.07, 6.45) is 0. The number of nitrogens with zero attached hydrogens (tertiary/aromatic N) is 1. The Labute approximate surface area is 183 Å². The number of anilines is 1. The normalized spacial score (nSPS) is 14.0. The monoisotopic (exact) mass is 435 g/mol. The number of amides is 2. The Hall–Kier alpha value is -3.25. The van der Waals surface area contributed by atoms with E-state index in [1.165, 1.54) is 17.8 Å². The Kier molecular flexibility index (Phi) is 5.74. The number of benzene rings is 3. The predicted molar refractivity (Wildman–Crippen MR) is 119 cm³/mol. The van der Waals surface area contributed by atoms with Crippen LogP contribution in [0.4, 0.5) is 14.5 Å². The van der Waals surface area contributed by atoms with Crippen LogP contribution in [-0.2, 0) is 15.3 Å². The summed E-state index contributed by atoms with van der Waals surface area (Å²) in [5, 5.41) is 0. The summed E-state index contributed by atoms with van der Waals surface area (Å²) in [6.45, 7) is 3.83. The largest absolute Gasteiger partial charge is 0.272 e. The zero-order valence-corrected chi connectivity index (χ0v) is 17.8. The van der Waals surface area contributed by atoms with Crippen molar-refractivity contribution in [2.24, 2.45) is 0 Å². The van der Waals surface area contributed by atoms with E-state index >= 15 is 0 Å². The van der Waals surface area contributed by atoms with Crippen molar-refractivity contribution in [1.82, 2.24) is 0 Å². The van der Waals surface area contributed by atoms with Crippen LogP contribution >= 0.6 is 11.8 Å². The van der Waals surface area contributed by atoms with Crippen LogP contribution in [0.1, 0.15) is 22.3 Å². The number of carbonyl (C=O) groups is 2. The van der Waals surface area contributed by atoms with Crippen molar-refractivity contribution in [3.05, 3.63) is 106 Å². The molecule has 0 fully saturated rings. The van der Waals surface area contributed by atoms with E-state index in [4.69, 9.17) is 0 Å². The Balaban J connectivity index is 1.79. The molecule has 1 aliphatic rings. The van der Waals surface area contributed by atoms with Crippen LogP contribution in [0.25, 0.3) is 5.57 Å². The summed E-state index contributed by atoms with van der Waals surface area (Å²) >= 11 is 1.27. The Morgan fingerprint density at radius 2 is 1.58 bits per heavy atom. The molecule has 0 spiro atoms. The molecule has 0 aliphatic carbocycles. The van der Waals surface area contributed by atoms with Gasteiger partial charge in [-0.25, -0.2) is 13.7 Å². The summed E-state index contributed by atoms with van der Waals surface area (Å²) in [5.74, 6) is -2.74. The van der Waals surface area contributed by atoms with Crippen LogP contribution < -0.4 is 4.90 Å². The van der Waals surface area contributed by atoms with Crippen molar-refractivity contribution in [2.45, 2.75) is 19.6 Å². The van der Waals surface area contributed by atoms with E-state index in [9.17, 15) is 18.4 Å². The van der Waals surface area contributed by atoms with E-state index in [1.54, 1.807) is 0 Å². The van der Waals surface area contributed by atoms with E-state index in [0.717, 1.165) is 33.7 Å². The number of halogens is 2. The molecule has 3 aromatic carbocycles. The maximum absolute atomic E-state index is 13.8. The number of hydrogen-bond acceptors (Lipinski definition) is 3. The first-order valence-electron chi connectivity index (χ1n) is 9.69. The lowest BCUT2D eigenvalue weighted by Crippen LogP contribution is -2.31. The second-order valence-electron chi connectivity index (χ2n) is 7.34. The number of hydrogen-bond donors (Lipinski definition) is 0. The van der Waals surface area contributed by atoms with Gasteiger partial charge >= 0.3 is 0 Å². The van der Waals surface area contributed by atoms with E-state index in [-0.39, 0.29) is 11.3 Å². The van der Waals surface area contributed by atoms with Crippen molar-refractivity contribution < 1.29 is 18.4 Å². The van der Waals surface area contributed by atoms with Crippen LogP contribution in [0.2, 0.25) is 0 Å². The van der Waals surface area contributed by atoms with Gasteiger partial charge in [0.2, 0.25) is 0 Å². The highest BCUT2D eigenvalue weighted by Gasteiger charge is 2.40. The number of rotatable bonds is 5. The highest BCUT2D eigenvalue weighted by atomic mass is 32.2. The maximum atomic E-state index is 13.8. The molecule has 3 aromatic rings. The van der Waals surface area contributed by atoms with Gasteiger partial charge in [0.15, 0.2) is 11.6 Å². The molecule has 0 saturated carbocycles. The third kappa shape index (κ3) is 4.03. The predicted octanol–water partition coefficient (Wildman–Crippen LogP) is 5.80. The standard InChI is InChI=1S/C25H19F2NO2S/c1-15-8-10-19(16(2)12-15)22-23(31-14-17-6-4-3-5-7-17)25(30)28(24(22)29)18-9-11-20(26)21(27)13-18/h3-13H,14H2,1-2H3. The first kappa shape index (κ1) is 21.0. The van der Waals surface area contributed by atoms with E-state index in [0.29, 0.717) is 16.2 Å². The summed E-state index contributed by atoms with van der Waals surface area (Å²) in [7, 11) is 0. The second-order valence-corrected chi connectivity index (χ2v) is 8.33. The van der Waals surface area contributed by atoms with E-state index in [2.05, 4.69) is 0 Å². The average molecular weight is 435 g/mol. The molecule has 0 N–H and O–H groups in total. The lowest BCUT2D eigenvalue weighted by molar-refractivity contribution is -0.119. The maximum Gasteiger partial charge on any atom is 0.272 e. The second kappa shape index (κ2) is 8.47. The van der Waals surface area contributed by atoms with Crippen LogP contribution in [-0.4, -0.2) is 11.8 Å². The minimum absolute atomic E-state index is 0.00600. The first-order chi connectivity index (χ1) is 14.9. The summed E-state index contributed by atoms with van der Waals surface area (Å²) in [6, 6.07) is 18.3. The highest BCUT2D eigenvalue weighted by molar-refractivity contribution is 8.03. The fraction of sp³-hybridized carbons (Fsp3) is 0.120. The van der Waals surface area contributed by atoms with Crippen molar-refractivity contribution in [3.8, 4) is 0 Å². The third-order valence-electron chi connectivity index (χ3n) is 5.08. The van der Waals surface area contributed by atoms with Gasteiger partial charge in [-0.2, -0.15) is 0 Å². The van der Waals surface area contributed by atoms with Gasteiger partial charge in [-0.15, -0.1) is 11.8 Å². The smallest absolute Gasteiger partial charge is 0.268 e. The van der Waals surface area contributed by atoms with Gasteiger partial charge in [0.25, 0.3) is 11.8 Å². The lowest BCUT2D eigenvalue weighted by Gasteiger charge is -2.16. The van der Waals surface area contributed by atoms with Crippen molar-refractivity contribution in [2.75, 3.05) is 4.90 Å². The van der Waals surface area contributed by atoms with Crippen LogP contribution in [0.15, 0.2) is 71.6 Å². The molecule has 3 nitrogen and oxygen atoms in total. The van der Waals surface area contributed by atoms with Crippen LogP contribution in [0, 0.1) is 25.5 Å². The molecule has 0 radical (unpaired) electrons. The van der Waals surface area contributed by atoms with Gasteiger partial charge in [0.1, 0.15) is 0 Å². The molecular weight excluding hydrogens is 416 g/mol. The number of carbonyl (C=O) groups excluding carboxylic acids is 2. The Bertz CT molecular complexity index is 1220. The van der Waals surface area contributed by atoms with Crippen LogP contribution in [0.5, 0.6) is 0 Å². The molecule has 2 amide bonds. The van der Waals surface area contributed by atoms with Gasteiger partial charge in [0, 0.05) is 11.8 Å². The molecule has 31 heavy (non-hydrogen) atoms. The molecular formula is C25H19F2NO2S. The molecule has 156 valence electrons. The molecule has 6 heteroatoms. The molecule has 4 rings (SSSR count). The van der Waals surface area contributed by atoms with E-state index < -0.39 is 23.4 Å². The fourth-order valence-corrected chi connectivity index (χ4v) is 4.62. The lowest BCUT2D eigenvalue weighted by atomic mass is 9.99. The number of imide groups is 1. The van der Waals surface area contributed by atoms with Crippen molar-refractivity contribution >= 4 is 34.8 Å². The van der Waals surface area contributed by atoms with Gasteiger partial charge in [-0.3, -0.25) is 9.59 Å². The zero-order chi connectivity index (χ0) is 22.1. The fourth-order valence-electron chi connectivity index (χ4n) is 3.56. The van der Waals surface area contributed by atoms with Gasteiger partial charge in [-0.05, 0) is 42.7 Å². The third-order valence-corrected chi connectivity index (χ3v) is 6.23. The summed E-state index contributed by atoms with van der Waals surface area (Å²) in [5.41, 5.74) is 3.85. The summed E-state index contributed by atoms with van der Waals surface area (Å²) < 4.78 is 27.3. The topological polar surface area (TPSA) is 37.4 Å². The Morgan fingerprint density at radius 3 is 2.26 bits per heavy atom. The summed E-state index contributed by atoms with van der Waals surface area (Å²) in [4.78, 5) is 27.9. The molecule has 0 atom stereocenters. The number of thioether (sulfide) groups is 1. The molecule has 0 bridgehead atoms. The van der Waals surface area contributed by atoms with Gasteiger partial charge in [0.05, 0.1) is 16.2 Å². The molecule has 0 unspecified atom stereocenters. The molecule has 1 aliphatic heterocycles.